The summed E-state index contributed by atoms with van der Waals surface area (Å²) in [7, 11) is 3.16. The molecule has 2 aromatic carbocycles. The van der Waals surface area contributed by atoms with Crippen molar-refractivity contribution in [1.82, 2.24) is 5.43 Å². The molecule has 0 radical (unpaired) electrons. The molecule has 0 fully saturated rings. The van der Waals surface area contributed by atoms with Crippen molar-refractivity contribution in [3.8, 4) is 11.5 Å². The zero-order valence-corrected chi connectivity index (χ0v) is 17.6. The monoisotopic (exact) mass is 517 g/mol. The molecule has 0 bridgehead atoms. The van der Waals surface area contributed by atoms with E-state index in [2.05, 4.69) is 54.4 Å². The first-order valence-corrected chi connectivity index (χ1v) is 9.09. The van der Waals surface area contributed by atoms with E-state index in [0.29, 0.717) is 17.2 Å². The Kier molecular flexibility index (Phi) is 7.06. The van der Waals surface area contributed by atoms with E-state index in [0.717, 1.165) is 19.2 Å². The van der Waals surface area contributed by atoms with Gasteiger partial charge in [0.05, 0.1) is 24.0 Å². The molecule has 0 aromatic heterocycles. The van der Waals surface area contributed by atoms with Crippen LogP contribution in [0.5, 0.6) is 11.5 Å². The third-order valence-corrected chi connectivity index (χ3v) is 4.94. The van der Waals surface area contributed by atoms with Crippen LogP contribution < -0.4 is 20.2 Å². The lowest BCUT2D eigenvalue weighted by atomic mass is 10.2. The highest BCUT2D eigenvalue weighted by Crippen LogP contribution is 2.33. The molecule has 2 rings (SSSR count). The standard InChI is InChI=1S/C17H17BrIN3O3/c1-10-6-12(4-5-13(10)18)21-17(23)22-20-9-11-7-14(19)16(25-3)15(8-11)24-2/h4-9H,1-3H3,(H2,21,22,23)/b20-9+. The van der Waals surface area contributed by atoms with Gasteiger partial charge in [-0.15, -0.1) is 0 Å². The Hall–Kier alpha value is -1.81. The van der Waals surface area contributed by atoms with Gasteiger partial charge >= 0.3 is 6.03 Å². The molecule has 2 amide bonds. The molecule has 6 nitrogen and oxygen atoms in total. The van der Waals surface area contributed by atoms with Crippen LogP contribution in [0.3, 0.4) is 0 Å². The van der Waals surface area contributed by atoms with Crippen LogP contribution >= 0.6 is 38.5 Å². The number of halogens is 2. The number of hydrazone groups is 1. The summed E-state index contributed by atoms with van der Waals surface area (Å²) in [5, 5.41) is 6.67. The molecule has 0 aliphatic rings. The average Bonchev–Trinajstić information content (AvgIpc) is 2.57. The van der Waals surface area contributed by atoms with Gasteiger partial charge in [-0.25, -0.2) is 10.2 Å². The van der Waals surface area contributed by atoms with Gasteiger partial charge in [-0.05, 0) is 71.0 Å². The molecule has 0 atom stereocenters. The first kappa shape index (κ1) is 19.5. The maximum atomic E-state index is 11.9. The number of carbonyl (C=O) groups excluding carboxylic acids is 1. The van der Waals surface area contributed by atoms with Crippen LogP contribution in [0.4, 0.5) is 10.5 Å². The summed E-state index contributed by atoms with van der Waals surface area (Å²) in [5.41, 5.74) is 4.93. The molecule has 0 saturated heterocycles. The highest BCUT2D eigenvalue weighted by molar-refractivity contribution is 14.1. The number of benzene rings is 2. The zero-order valence-electron chi connectivity index (χ0n) is 13.9. The van der Waals surface area contributed by atoms with Gasteiger partial charge in [0.1, 0.15) is 0 Å². The molecular weight excluding hydrogens is 501 g/mol. The van der Waals surface area contributed by atoms with E-state index >= 15 is 0 Å². The number of hydrogen-bond donors (Lipinski definition) is 2. The number of nitrogens with one attached hydrogen (secondary N) is 2. The van der Waals surface area contributed by atoms with Crippen LogP contribution in [0.25, 0.3) is 0 Å². The summed E-state index contributed by atoms with van der Waals surface area (Å²) in [6.07, 6.45) is 1.54. The van der Waals surface area contributed by atoms with Gasteiger partial charge in [0.25, 0.3) is 0 Å². The Morgan fingerprint density at radius 1 is 1.24 bits per heavy atom. The lowest BCUT2D eigenvalue weighted by Gasteiger charge is -2.10. The predicted molar refractivity (Wildman–Crippen MR) is 111 cm³/mol. The molecule has 8 heteroatoms. The second-order valence-electron chi connectivity index (χ2n) is 5.03. The van der Waals surface area contributed by atoms with E-state index in [1.165, 1.54) is 6.21 Å². The van der Waals surface area contributed by atoms with Crippen molar-refractivity contribution in [1.29, 1.82) is 0 Å². The van der Waals surface area contributed by atoms with Crippen LogP contribution in [0, 0.1) is 10.5 Å². The van der Waals surface area contributed by atoms with Gasteiger partial charge in [-0.3, -0.25) is 0 Å². The van der Waals surface area contributed by atoms with Crippen LogP contribution in [0.1, 0.15) is 11.1 Å². The van der Waals surface area contributed by atoms with E-state index in [1.54, 1.807) is 26.4 Å². The van der Waals surface area contributed by atoms with Gasteiger partial charge in [-0.2, -0.15) is 5.10 Å². The van der Waals surface area contributed by atoms with Crippen molar-refractivity contribution in [3.63, 3.8) is 0 Å². The van der Waals surface area contributed by atoms with E-state index in [9.17, 15) is 4.79 Å². The maximum Gasteiger partial charge on any atom is 0.339 e. The molecule has 2 aromatic rings. The minimum atomic E-state index is -0.423. The second-order valence-corrected chi connectivity index (χ2v) is 7.04. The summed E-state index contributed by atoms with van der Waals surface area (Å²) >= 11 is 5.57. The molecule has 2 N–H and O–H groups in total. The summed E-state index contributed by atoms with van der Waals surface area (Å²) in [6, 6.07) is 8.78. The van der Waals surface area contributed by atoms with Crippen LogP contribution in [-0.2, 0) is 0 Å². The number of aryl methyl sites for hydroxylation is 1. The first-order chi connectivity index (χ1) is 11.9. The summed E-state index contributed by atoms with van der Waals surface area (Å²) in [6.45, 7) is 1.95. The van der Waals surface area contributed by atoms with Crippen molar-refractivity contribution in [2.24, 2.45) is 5.10 Å². The molecular formula is C17H17BrIN3O3. The third kappa shape index (κ3) is 5.33. The summed E-state index contributed by atoms with van der Waals surface area (Å²) in [4.78, 5) is 11.9. The highest BCUT2D eigenvalue weighted by atomic mass is 127. The fourth-order valence-electron chi connectivity index (χ4n) is 2.06. The Bertz CT molecular complexity index is 812. The van der Waals surface area contributed by atoms with Gasteiger partial charge < -0.3 is 14.8 Å². The smallest absolute Gasteiger partial charge is 0.339 e. The van der Waals surface area contributed by atoms with E-state index < -0.39 is 6.03 Å². The largest absolute Gasteiger partial charge is 0.493 e. The molecule has 0 aliphatic carbocycles. The number of nitrogens with zero attached hydrogens (tertiary/aromatic N) is 1. The molecule has 0 saturated carbocycles. The topological polar surface area (TPSA) is 72.0 Å². The van der Waals surface area contributed by atoms with Crippen molar-refractivity contribution < 1.29 is 14.3 Å². The highest BCUT2D eigenvalue weighted by Gasteiger charge is 2.09. The number of amides is 2. The van der Waals surface area contributed by atoms with Gasteiger partial charge in [0.15, 0.2) is 11.5 Å². The SMILES string of the molecule is COc1cc(/C=N/NC(=O)Nc2ccc(Br)c(C)c2)cc(I)c1OC. The van der Waals surface area contributed by atoms with Crippen molar-refractivity contribution >= 4 is 56.5 Å². The number of rotatable bonds is 5. The summed E-state index contributed by atoms with van der Waals surface area (Å²) in [5.74, 6) is 1.27. The van der Waals surface area contributed by atoms with E-state index in [-0.39, 0.29) is 0 Å². The molecule has 0 heterocycles. The van der Waals surface area contributed by atoms with E-state index in [1.807, 2.05) is 25.1 Å². The first-order valence-electron chi connectivity index (χ1n) is 7.22. The molecule has 0 unspecified atom stereocenters. The maximum absolute atomic E-state index is 11.9. The van der Waals surface area contributed by atoms with Gasteiger partial charge in [-0.1, -0.05) is 15.9 Å². The quantitative estimate of drug-likeness (QED) is 0.347. The van der Waals surface area contributed by atoms with Crippen molar-refractivity contribution in [3.05, 3.63) is 49.5 Å². The fourth-order valence-corrected chi connectivity index (χ4v) is 3.15. The average molecular weight is 518 g/mol. The zero-order chi connectivity index (χ0) is 18.4. The van der Waals surface area contributed by atoms with Gasteiger partial charge in [0, 0.05) is 10.2 Å². The Balaban J connectivity index is 2.01. The molecule has 25 heavy (non-hydrogen) atoms. The minimum absolute atomic E-state index is 0.423. The normalized spacial score (nSPS) is 10.6. The van der Waals surface area contributed by atoms with Crippen LogP contribution in [0.2, 0.25) is 0 Å². The Morgan fingerprint density at radius 3 is 2.64 bits per heavy atom. The number of urea groups is 1. The fraction of sp³-hybridized carbons (Fsp3) is 0.176. The summed E-state index contributed by atoms with van der Waals surface area (Å²) < 4.78 is 12.4. The number of carbonyl (C=O) groups is 1. The predicted octanol–water partition coefficient (Wildman–Crippen LogP) is 4.53. The number of anilines is 1. The van der Waals surface area contributed by atoms with Crippen LogP contribution in [-0.4, -0.2) is 26.5 Å². The number of ether oxygens (including phenoxy) is 2. The number of hydrogen-bond acceptors (Lipinski definition) is 4. The molecule has 132 valence electrons. The Morgan fingerprint density at radius 2 is 2.00 bits per heavy atom. The molecule has 0 aliphatic heterocycles. The van der Waals surface area contributed by atoms with Crippen molar-refractivity contribution in [2.45, 2.75) is 6.92 Å². The van der Waals surface area contributed by atoms with Gasteiger partial charge in [0.2, 0.25) is 0 Å². The van der Waals surface area contributed by atoms with Crippen LogP contribution in [0.15, 0.2) is 39.9 Å². The van der Waals surface area contributed by atoms with Crippen molar-refractivity contribution in [2.75, 3.05) is 19.5 Å². The lowest BCUT2D eigenvalue weighted by molar-refractivity contribution is 0.252. The third-order valence-electron chi connectivity index (χ3n) is 3.25. The lowest BCUT2D eigenvalue weighted by Crippen LogP contribution is -2.24. The minimum Gasteiger partial charge on any atom is -0.493 e. The molecule has 0 spiro atoms. The second kappa shape index (κ2) is 9.04. The number of methoxy groups -OCH3 is 2. The Labute approximate surface area is 168 Å². The van der Waals surface area contributed by atoms with E-state index in [4.69, 9.17) is 9.47 Å².